The zero-order valence-electron chi connectivity index (χ0n) is 13.4. The molecule has 3 aromatic rings. The van der Waals surface area contributed by atoms with Gasteiger partial charge in [0.15, 0.2) is 5.13 Å². The number of anilines is 1. The molecule has 1 unspecified atom stereocenters. The highest BCUT2D eigenvalue weighted by Crippen LogP contribution is 2.27. The lowest BCUT2D eigenvalue weighted by molar-refractivity contribution is -0.119. The number of alkyl halides is 2. The number of amides is 1. The van der Waals surface area contributed by atoms with Gasteiger partial charge in [-0.15, -0.1) is 0 Å². The van der Waals surface area contributed by atoms with Crippen LogP contribution in [0, 0.1) is 13.8 Å². The Morgan fingerprint density at radius 1 is 1.29 bits per heavy atom. The van der Waals surface area contributed by atoms with Crippen molar-refractivity contribution >= 4 is 32.6 Å². The Kier molecular flexibility index (Phi) is 4.31. The van der Waals surface area contributed by atoms with Crippen molar-refractivity contribution in [1.82, 2.24) is 14.8 Å². The average molecular weight is 350 g/mol. The Morgan fingerprint density at radius 3 is 2.71 bits per heavy atom. The van der Waals surface area contributed by atoms with E-state index in [4.69, 9.17) is 0 Å². The zero-order valence-corrected chi connectivity index (χ0v) is 14.2. The molecule has 0 fully saturated rings. The molecule has 0 saturated heterocycles. The van der Waals surface area contributed by atoms with E-state index in [0.29, 0.717) is 10.8 Å². The van der Waals surface area contributed by atoms with Gasteiger partial charge in [0.1, 0.15) is 11.7 Å². The van der Waals surface area contributed by atoms with E-state index in [-0.39, 0.29) is 11.6 Å². The molecule has 0 aliphatic carbocycles. The lowest BCUT2D eigenvalue weighted by Gasteiger charge is -2.13. The van der Waals surface area contributed by atoms with Gasteiger partial charge in [-0.2, -0.15) is 5.10 Å². The summed E-state index contributed by atoms with van der Waals surface area (Å²) in [6.07, 6.45) is -2.66. The number of nitrogens with one attached hydrogen (secondary N) is 1. The number of halogens is 2. The van der Waals surface area contributed by atoms with Gasteiger partial charge in [-0.3, -0.25) is 9.48 Å². The quantitative estimate of drug-likeness (QED) is 0.765. The van der Waals surface area contributed by atoms with Crippen LogP contribution in [0.4, 0.5) is 13.9 Å². The van der Waals surface area contributed by atoms with Crippen LogP contribution in [-0.4, -0.2) is 20.7 Å². The largest absolute Gasteiger partial charge is 0.300 e. The summed E-state index contributed by atoms with van der Waals surface area (Å²) in [7, 11) is 0. The van der Waals surface area contributed by atoms with Crippen LogP contribution in [0.15, 0.2) is 24.3 Å². The molecule has 5 nitrogen and oxygen atoms in total. The summed E-state index contributed by atoms with van der Waals surface area (Å²) in [5, 5.41) is 7.03. The van der Waals surface area contributed by atoms with Crippen LogP contribution >= 0.6 is 11.3 Å². The van der Waals surface area contributed by atoms with Crippen molar-refractivity contribution in [3.05, 3.63) is 41.2 Å². The average Bonchev–Trinajstić information content (AvgIpc) is 3.09. The minimum atomic E-state index is -2.66. The fourth-order valence-electron chi connectivity index (χ4n) is 2.42. The molecule has 2 heterocycles. The number of nitrogens with zero attached hydrogens (tertiary/aromatic N) is 3. The Morgan fingerprint density at radius 2 is 2.04 bits per heavy atom. The number of aromatic nitrogens is 3. The fraction of sp³-hybridized carbons (Fsp3) is 0.312. The van der Waals surface area contributed by atoms with Crippen LogP contribution < -0.4 is 5.32 Å². The van der Waals surface area contributed by atoms with Crippen molar-refractivity contribution in [2.75, 3.05) is 5.32 Å². The molecule has 8 heteroatoms. The Labute approximate surface area is 141 Å². The van der Waals surface area contributed by atoms with Gasteiger partial charge in [0.05, 0.1) is 10.2 Å². The van der Waals surface area contributed by atoms with E-state index < -0.39 is 12.5 Å². The molecule has 1 N–H and O–H groups in total. The van der Waals surface area contributed by atoms with Crippen molar-refractivity contribution in [2.45, 2.75) is 33.2 Å². The summed E-state index contributed by atoms with van der Waals surface area (Å²) in [4.78, 5) is 16.8. The maximum Gasteiger partial charge on any atom is 0.282 e. The van der Waals surface area contributed by atoms with Crippen molar-refractivity contribution in [1.29, 1.82) is 0 Å². The molecular weight excluding hydrogens is 334 g/mol. The first-order valence-corrected chi connectivity index (χ1v) is 8.19. The third-order valence-corrected chi connectivity index (χ3v) is 4.62. The van der Waals surface area contributed by atoms with Crippen LogP contribution in [0.5, 0.6) is 0 Å². The van der Waals surface area contributed by atoms with Gasteiger partial charge in [-0.1, -0.05) is 17.4 Å². The number of fused-ring (bicyclic) bond motifs is 1. The van der Waals surface area contributed by atoms with Crippen LogP contribution in [-0.2, 0) is 4.79 Å². The maximum absolute atomic E-state index is 12.7. The van der Waals surface area contributed by atoms with E-state index in [2.05, 4.69) is 15.4 Å². The summed E-state index contributed by atoms with van der Waals surface area (Å²) in [6, 6.07) is 6.42. The van der Waals surface area contributed by atoms with Gasteiger partial charge in [-0.25, -0.2) is 13.8 Å². The second-order valence-corrected chi connectivity index (χ2v) is 6.64. The minimum absolute atomic E-state index is 0.331. The van der Waals surface area contributed by atoms with Crippen LogP contribution in [0.1, 0.15) is 36.3 Å². The predicted octanol–water partition coefficient (Wildman–Crippen LogP) is 4.25. The molecular formula is C16H16F2N4OS. The minimum Gasteiger partial charge on any atom is -0.300 e. The summed E-state index contributed by atoms with van der Waals surface area (Å²) < 4.78 is 27.8. The van der Waals surface area contributed by atoms with Gasteiger partial charge in [0.25, 0.3) is 12.3 Å². The molecule has 1 atom stereocenters. The number of hydrogen-bond donors (Lipinski definition) is 1. The first kappa shape index (κ1) is 16.5. The lowest BCUT2D eigenvalue weighted by Crippen LogP contribution is -2.25. The molecule has 126 valence electrons. The first-order valence-electron chi connectivity index (χ1n) is 7.37. The van der Waals surface area contributed by atoms with Gasteiger partial charge in [0, 0.05) is 5.69 Å². The number of thiazole rings is 1. The second kappa shape index (κ2) is 6.27. The summed E-state index contributed by atoms with van der Waals surface area (Å²) in [5.41, 5.74) is 2.10. The standard InChI is InChI=1S/C16H16F2N4OS/c1-8-4-5-11-13(6-8)24-16(19-11)20-15(23)10(3)22-9(2)7-12(21-22)14(17)18/h4-7,10,14H,1-3H3,(H,19,20,23). The molecule has 0 saturated carbocycles. The highest BCUT2D eigenvalue weighted by molar-refractivity contribution is 7.22. The summed E-state index contributed by atoms with van der Waals surface area (Å²) >= 11 is 1.37. The number of aryl methyl sites for hydroxylation is 2. The highest BCUT2D eigenvalue weighted by Gasteiger charge is 2.22. The first-order chi connectivity index (χ1) is 11.3. The van der Waals surface area contributed by atoms with E-state index in [1.807, 2.05) is 25.1 Å². The van der Waals surface area contributed by atoms with Crippen molar-refractivity contribution < 1.29 is 13.6 Å². The Balaban J connectivity index is 1.80. The second-order valence-electron chi connectivity index (χ2n) is 5.61. The van der Waals surface area contributed by atoms with Crippen molar-refractivity contribution in [3.8, 4) is 0 Å². The molecule has 3 rings (SSSR count). The molecule has 0 aliphatic heterocycles. The monoisotopic (exact) mass is 350 g/mol. The number of rotatable bonds is 4. The number of carbonyl (C=O) groups is 1. The third kappa shape index (κ3) is 3.14. The van der Waals surface area contributed by atoms with Crippen LogP contribution in [0.3, 0.4) is 0 Å². The van der Waals surface area contributed by atoms with Gasteiger partial charge < -0.3 is 5.32 Å². The van der Waals surface area contributed by atoms with Crippen LogP contribution in [0.25, 0.3) is 10.2 Å². The molecule has 1 aromatic carbocycles. The van der Waals surface area contributed by atoms with E-state index in [0.717, 1.165) is 15.8 Å². The molecule has 0 spiro atoms. The fourth-order valence-corrected chi connectivity index (χ4v) is 3.38. The van der Waals surface area contributed by atoms with E-state index in [1.54, 1.807) is 13.8 Å². The van der Waals surface area contributed by atoms with E-state index >= 15 is 0 Å². The topological polar surface area (TPSA) is 59.8 Å². The highest BCUT2D eigenvalue weighted by atomic mass is 32.1. The van der Waals surface area contributed by atoms with Gasteiger partial charge in [0.2, 0.25) is 0 Å². The maximum atomic E-state index is 12.7. The molecule has 1 amide bonds. The smallest absolute Gasteiger partial charge is 0.282 e. The van der Waals surface area contributed by atoms with Crippen LogP contribution in [0.2, 0.25) is 0 Å². The Bertz CT molecular complexity index is 903. The SMILES string of the molecule is Cc1ccc2nc(NC(=O)C(C)n3nc(C(F)F)cc3C)sc2c1. The predicted molar refractivity (Wildman–Crippen MR) is 89.6 cm³/mol. The molecule has 0 aliphatic rings. The summed E-state index contributed by atoms with van der Waals surface area (Å²) in [5.74, 6) is -0.349. The normalized spacial score (nSPS) is 12.8. The summed E-state index contributed by atoms with van der Waals surface area (Å²) in [6.45, 7) is 5.24. The van der Waals surface area contributed by atoms with Crippen molar-refractivity contribution in [3.63, 3.8) is 0 Å². The third-order valence-electron chi connectivity index (χ3n) is 3.69. The van der Waals surface area contributed by atoms with Gasteiger partial charge >= 0.3 is 0 Å². The zero-order chi connectivity index (χ0) is 17.4. The molecule has 0 radical (unpaired) electrons. The van der Waals surface area contributed by atoms with Crippen molar-refractivity contribution in [2.24, 2.45) is 0 Å². The number of benzene rings is 1. The molecule has 0 bridgehead atoms. The number of carbonyl (C=O) groups excluding carboxylic acids is 1. The lowest BCUT2D eigenvalue weighted by atomic mass is 10.2. The van der Waals surface area contributed by atoms with Gasteiger partial charge in [-0.05, 0) is 44.5 Å². The Hall–Kier alpha value is -2.35. The number of hydrogen-bond acceptors (Lipinski definition) is 4. The molecule has 24 heavy (non-hydrogen) atoms. The van der Waals surface area contributed by atoms with E-state index in [9.17, 15) is 13.6 Å². The molecule has 2 aromatic heterocycles. The van der Waals surface area contributed by atoms with E-state index in [1.165, 1.54) is 22.1 Å².